The Balaban J connectivity index is 0.00000162. The van der Waals surface area contributed by atoms with E-state index in [-0.39, 0.29) is 29.9 Å². The van der Waals surface area contributed by atoms with Crippen molar-refractivity contribution in [2.24, 2.45) is 16.5 Å². The lowest BCUT2D eigenvalue weighted by atomic mass is 10.1. The molecule has 0 bridgehead atoms. The Morgan fingerprint density at radius 1 is 1.28 bits per heavy atom. The van der Waals surface area contributed by atoms with Crippen LogP contribution in [0.15, 0.2) is 29.4 Å². The Hall–Kier alpha value is -1.24. The van der Waals surface area contributed by atoms with Crippen LogP contribution in [0.5, 0.6) is 0 Å². The number of halogens is 1. The molecular weight excluding hydrogens is 339 g/mol. The number of fused-ring (bicyclic) bond motifs is 1. The molecule has 2 rings (SSSR count). The van der Waals surface area contributed by atoms with Crippen molar-refractivity contribution in [3.05, 3.63) is 35.5 Å². The van der Waals surface area contributed by atoms with Crippen molar-refractivity contribution in [2.75, 3.05) is 6.54 Å². The first kappa shape index (κ1) is 14.8. The highest BCUT2D eigenvalue weighted by Gasteiger charge is 2.05. The Bertz CT molecular complexity index is 541. The second-order valence-electron chi connectivity index (χ2n) is 4.06. The molecular formula is C13H19IN4. The van der Waals surface area contributed by atoms with Crippen molar-refractivity contribution < 1.29 is 0 Å². The molecule has 98 valence electrons. The summed E-state index contributed by atoms with van der Waals surface area (Å²) in [5.41, 5.74) is 14.5. The summed E-state index contributed by atoms with van der Waals surface area (Å²) in [5.74, 6) is 0.152. The minimum absolute atomic E-state index is 0. The van der Waals surface area contributed by atoms with Gasteiger partial charge in [0.05, 0.1) is 0 Å². The summed E-state index contributed by atoms with van der Waals surface area (Å²) in [4.78, 5) is 7.34. The van der Waals surface area contributed by atoms with Crippen LogP contribution >= 0.6 is 24.0 Å². The number of hydrogen-bond donors (Lipinski definition) is 3. The number of aromatic nitrogens is 1. The molecule has 1 heterocycles. The van der Waals surface area contributed by atoms with Gasteiger partial charge in [0.1, 0.15) is 0 Å². The molecule has 1 aromatic heterocycles. The quantitative estimate of drug-likeness (QED) is 0.445. The number of aromatic amines is 1. The Kier molecular flexibility index (Phi) is 5.46. The van der Waals surface area contributed by atoms with E-state index in [0.29, 0.717) is 6.54 Å². The van der Waals surface area contributed by atoms with E-state index >= 15 is 0 Å². The zero-order chi connectivity index (χ0) is 12.3. The van der Waals surface area contributed by atoms with Crippen molar-refractivity contribution in [3.63, 3.8) is 0 Å². The first-order valence-corrected chi connectivity index (χ1v) is 5.85. The van der Waals surface area contributed by atoms with Crippen molar-refractivity contribution in [1.29, 1.82) is 0 Å². The number of nitrogens with zero attached hydrogens (tertiary/aromatic N) is 1. The number of para-hydroxylation sites is 1. The largest absolute Gasteiger partial charge is 0.370 e. The van der Waals surface area contributed by atoms with Crippen LogP contribution in [0.4, 0.5) is 0 Å². The maximum atomic E-state index is 5.31. The molecule has 0 saturated carbocycles. The van der Waals surface area contributed by atoms with E-state index in [1.807, 2.05) is 6.20 Å². The lowest BCUT2D eigenvalue weighted by Gasteiger charge is -2.00. The molecule has 18 heavy (non-hydrogen) atoms. The molecule has 0 unspecified atom stereocenters. The number of nitrogens with one attached hydrogen (secondary N) is 1. The van der Waals surface area contributed by atoms with Crippen LogP contribution in [0.1, 0.15) is 18.1 Å². The molecule has 0 aliphatic heterocycles. The number of rotatable bonds is 4. The normalized spacial score (nSPS) is 10.1. The number of hydrogen-bond acceptors (Lipinski definition) is 1. The molecule has 4 nitrogen and oxygen atoms in total. The van der Waals surface area contributed by atoms with E-state index in [4.69, 9.17) is 11.5 Å². The highest BCUT2D eigenvalue weighted by molar-refractivity contribution is 14.0. The van der Waals surface area contributed by atoms with Gasteiger partial charge in [0.25, 0.3) is 0 Å². The molecule has 5 heteroatoms. The first-order chi connectivity index (χ1) is 8.22. The Morgan fingerprint density at radius 3 is 2.72 bits per heavy atom. The van der Waals surface area contributed by atoms with Gasteiger partial charge in [-0.2, -0.15) is 0 Å². The molecule has 0 spiro atoms. The zero-order valence-electron chi connectivity index (χ0n) is 10.4. The number of guanidine groups is 1. The van der Waals surface area contributed by atoms with E-state index in [2.05, 4.69) is 35.1 Å². The number of H-pyrrole nitrogens is 1. The van der Waals surface area contributed by atoms with Crippen molar-refractivity contribution in [1.82, 2.24) is 4.98 Å². The van der Waals surface area contributed by atoms with Crippen LogP contribution in [0.2, 0.25) is 0 Å². The smallest absolute Gasteiger partial charge is 0.185 e. The second kappa shape index (κ2) is 6.63. The monoisotopic (exact) mass is 358 g/mol. The average molecular weight is 358 g/mol. The van der Waals surface area contributed by atoms with E-state index < -0.39 is 0 Å². The maximum absolute atomic E-state index is 5.31. The van der Waals surface area contributed by atoms with Crippen molar-refractivity contribution in [2.45, 2.75) is 19.8 Å². The topological polar surface area (TPSA) is 80.2 Å². The number of aliphatic imine (C=N–C) groups is 1. The molecule has 1 aromatic carbocycles. The molecule has 0 radical (unpaired) electrons. The zero-order valence-corrected chi connectivity index (χ0v) is 12.8. The second-order valence-corrected chi connectivity index (χ2v) is 4.06. The van der Waals surface area contributed by atoms with Gasteiger partial charge >= 0.3 is 0 Å². The van der Waals surface area contributed by atoms with E-state index in [0.717, 1.165) is 12.8 Å². The van der Waals surface area contributed by atoms with Gasteiger partial charge in [-0.25, -0.2) is 0 Å². The fourth-order valence-corrected chi connectivity index (χ4v) is 2.08. The van der Waals surface area contributed by atoms with Gasteiger partial charge in [-0.1, -0.05) is 25.1 Å². The van der Waals surface area contributed by atoms with Crippen LogP contribution in [0.25, 0.3) is 10.9 Å². The molecule has 0 saturated heterocycles. The van der Waals surface area contributed by atoms with Crippen molar-refractivity contribution in [3.8, 4) is 0 Å². The van der Waals surface area contributed by atoms with Crippen molar-refractivity contribution >= 4 is 40.8 Å². The summed E-state index contributed by atoms with van der Waals surface area (Å²) in [6.45, 7) is 2.79. The third-order valence-electron chi connectivity index (χ3n) is 2.94. The van der Waals surface area contributed by atoms with Gasteiger partial charge < -0.3 is 16.5 Å². The fourth-order valence-electron chi connectivity index (χ4n) is 2.08. The minimum Gasteiger partial charge on any atom is -0.370 e. The van der Waals surface area contributed by atoms with E-state index in [1.165, 1.54) is 22.0 Å². The molecule has 2 aromatic rings. The predicted octanol–water partition coefficient (Wildman–Crippen LogP) is 2.16. The lowest BCUT2D eigenvalue weighted by Crippen LogP contribution is -2.23. The SMILES string of the molecule is CCc1cccc2c(CCN=C(N)N)c[nH]c12.I. The highest BCUT2D eigenvalue weighted by atomic mass is 127. The molecule has 0 aliphatic carbocycles. The third-order valence-corrected chi connectivity index (χ3v) is 2.94. The standard InChI is InChI=1S/C13H18N4.HI/c1-2-9-4-3-5-11-10(8-17-12(9)11)6-7-16-13(14)15;/h3-5,8,17H,2,6-7H2,1H3,(H4,14,15,16);1H. The highest BCUT2D eigenvalue weighted by Crippen LogP contribution is 2.22. The summed E-state index contributed by atoms with van der Waals surface area (Å²) in [5, 5.41) is 1.27. The van der Waals surface area contributed by atoms with E-state index in [1.54, 1.807) is 0 Å². The minimum atomic E-state index is 0. The van der Waals surface area contributed by atoms with Gasteiger partial charge in [0.2, 0.25) is 0 Å². The van der Waals surface area contributed by atoms with Crippen LogP contribution in [0, 0.1) is 0 Å². The average Bonchev–Trinajstić information content (AvgIpc) is 2.72. The Labute approximate surface area is 124 Å². The number of benzene rings is 1. The number of nitrogens with two attached hydrogens (primary N) is 2. The summed E-state index contributed by atoms with van der Waals surface area (Å²) in [6, 6.07) is 6.38. The molecule has 0 atom stereocenters. The summed E-state index contributed by atoms with van der Waals surface area (Å²) in [7, 11) is 0. The fraction of sp³-hybridized carbons (Fsp3) is 0.308. The maximum Gasteiger partial charge on any atom is 0.185 e. The predicted molar refractivity (Wildman–Crippen MR) is 87.5 cm³/mol. The molecule has 5 N–H and O–H groups in total. The lowest BCUT2D eigenvalue weighted by molar-refractivity contribution is 0.969. The van der Waals surface area contributed by atoms with Gasteiger partial charge in [-0.05, 0) is 24.0 Å². The third kappa shape index (κ3) is 3.16. The summed E-state index contributed by atoms with van der Waals surface area (Å²) in [6.07, 6.45) is 3.93. The number of aryl methyl sites for hydroxylation is 1. The van der Waals surface area contributed by atoms with Gasteiger partial charge in [-0.15, -0.1) is 24.0 Å². The first-order valence-electron chi connectivity index (χ1n) is 5.85. The van der Waals surface area contributed by atoms with Crippen LogP contribution < -0.4 is 11.5 Å². The molecule has 0 aliphatic rings. The van der Waals surface area contributed by atoms with Crippen LogP contribution in [0.3, 0.4) is 0 Å². The molecule has 0 amide bonds. The van der Waals surface area contributed by atoms with E-state index in [9.17, 15) is 0 Å². The summed E-state index contributed by atoms with van der Waals surface area (Å²) >= 11 is 0. The van der Waals surface area contributed by atoms with Gasteiger partial charge in [-0.3, -0.25) is 4.99 Å². The summed E-state index contributed by atoms with van der Waals surface area (Å²) < 4.78 is 0. The Morgan fingerprint density at radius 2 is 2.06 bits per heavy atom. The van der Waals surface area contributed by atoms with Gasteiger partial charge in [0.15, 0.2) is 5.96 Å². The molecule has 0 fully saturated rings. The van der Waals surface area contributed by atoms with Crippen LogP contribution in [-0.2, 0) is 12.8 Å². The van der Waals surface area contributed by atoms with Crippen LogP contribution in [-0.4, -0.2) is 17.5 Å². The van der Waals surface area contributed by atoms with Gasteiger partial charge in [0, 0.05) is 23.6 Å².